The van der Waals surface area contributed by atoms with Crippen LogP contribution in [0.2, 0.25) is 0 Å². The fourth-order valence-corrected chi connectivity index (χ4v) is 5.44. The van der Waals surface area contributed by atoms with Gasteiger partial charge in [-0.05, 0) is 38.5 Å². The summed E-state index contributed by atoms with van der Waals surface area (Å²) in [5.41, 5.74) is 1.08. The summed E-state index contributed by atoms with van der Waals surface area (Å²) in [7, 11) is 0. The normalized spacial score (nSPS) is 21.5. The quantitative estimate of drug-likeness (QED) is 0.763. The Bertz CT molecular complexity index is 674. The van der Waals surface area contributed by atoms with Crippen LogP contribution in [0.25, 0.3) is 0 Å². The molecule has 2 aliphatic carbocycles. The Labute approximate surface area is 171 Å². The summed E-state index contributed by atoms with van der Waals surface area (Å²) < 4.78 is 0. The lowest BCUT2D eigenvalue weighted by Crippen LogP contribution is -2.47. The number of hydrogen-bond donors (Lipinski definition) is 2. The van der Waals surface area contributed by atoms with Crippen LogP contribution in [0.15, 0.2) is 5.38 Å². The van der Waals surface area contributed by atoms with Gasteiger partial charge in [-0.2, -0.15) is 0 Å². The van der Waals surface area contributed by atoms with Gasteiger partial charge in [-0.1, -0.05) is 19.3 Å². The van der Waals surface area contributed by atoms with Crippen molar-refractivity contribution in [2.45, 2.75) is 76.2 Å². The zero-order valence-electron chi connectivity index (χ0n) is 16.6. The molecule has 2 N–H and O–H groups in total. The van der Waals surface area contributed by atoms with Crippen molar-refractivity contribution in [1.29, 1.82) is 0 Å². The second kappa shape index (κ2) is 9.25. The van der Waals surface area contributed by atoms with E-state index in [1.807, 2.05) is 4.90 Å². The van der Waals surface area contributed by atoms with Gasteiger partial charge in [0.15, 0.2) is 0 Å². The van der Waals surface area contributed by atoms with Gasteiger partial charge in [-0.15, -0.1) is 11.3 Å². The van der Waals surface area contributed by atoms with E-state index in [1.165, 1.54) is 24.3 Å². The van der Waals surface area contributed by atoms with Crippen LogP contribution in [-0.4, -0.2) is 47.5 Å². The number of nitrogens with one attached hydrogen (secondary N) is 2. The molecule has 2 heterocycles. The summed E-state index contributed by atoms with van der Waals surface area (Å²) in [6, 6.07) is 0.504. The minimum atomic E-state index is 0.118. The maximum atomic E-state index is 12.4. The summed E-state index contributed by atoms with van der Waals surface area (Å²) in [5.74, 6) is 0.922. The molecule has 2 saturated carbocycles. The van der Waals surface area contributed by atoms with E-state index in [9.17, 15) is 9.59 Å². The number of rotatable bonds is 6. The maximum absolute atomic E-state index is 12.4. The largest absolute Gasteiger partial charge is 0.355 e. The van der Waals surface area contributed by atoms with E-state index in [2.05, 4.69) is 16.0 Å². The summed E-state index contributed by atoms with van der Waals surface area (Å²) in [4.78, 5) is 31.1. The van der Waals surface area contributed by atoms with Crippen molar-refractivity contribution >= 4 is 23.3 Å². The average molecular weight is 405 g/mol. The number of likely N-dealkylation sites (tertiary alicyclic amines) is 1. The van der Waals surface area contributed by atoms with E-state index >= 15 is 0 Å². The first-order valence-corrected chi connectivity index (χ1v) is 11.8. The van der Waals surface area contributed by atoms with E-state index in [4.69, 9.17) is 4.98 Å². The maximum Gasteiger partial charge on any atom is 0.317 e. The van der Waals surface area contributed by atoms with Gasteiger partial charge in [0.05, 0.1) is 10.7 Å². The summed E-state index contributed by atoms with van der Waals surface area (Å²) in [6.45, 7) is 2.31. The molecule has 3 aliphatic rings. The molecule has 0 atom stereocenters. The summed E-state index contributed by atoms with van der Waals surface area (Å²) in [5, 5.41) is 9.56. The molecule has 1 aromatic heterocycles. The van der Waals surface area contributed by atoms with E-state index in [1.54, 1.807) is 11.3 Å². The highest BCUT2D eigenvalue weighted by atomic mass is 32.1. The van der Waals surface area contributed by atoms with E-state index in [0.29, 0.717) is 18.5 Å². The van der Waals surface area contributed by atoms with Crippen LogP contribution in [0.4, 0.5) is 4.79 Å². The predicted octanol–water partition coefficient (Wildman–Crippen LogP) is 3.43. The van der Waals surface area contributed by atoms with Crippen molar-refractivity contribution in [3.05, 3.63) is 16.1 Å². The number of carbonyl (C=O) groups is 2. The smallest absolute Gasteiger partial charge is 0.317 e. The second-order valence-corrected chi connectivity index (χ2v) is 9.43. The molecule has 7 heteroatoms. The van der Waals surface area contributed by atoms with Crippen molar-refractivity contribution < 1.29 is 9.59 Å². The molecule has 28 heavy (non-hydrogen) atoms. The highest BCUT2D eigenvalue weighted by Crippen LogP contribution is 2.31. The Morgan fingerprint density at radius 3 is 2.50 bits per heavy atom. The van der Waals surface area contributed by atoms with Gasteiger partial charge in [-0.25, -0.2) is 9.78 Å². The number of amides is 3. The first-order valence-electron chi connectivity index (χ1n) is 11.0. The Morgan fingerprint density at radius 1 is 1.07 bits per heavy atom. The highest BCUT2D eigenvalue weighted by molar-refractivity contribution is 7.09. The van der Waals surface area contributed by atoms with Gasteiger partial charge in [0.25, 0.3) is 0 Å². The SMILES string of the molecule is O=C(NCCc1csc(C2CCN(C(=O)NC3CCCC3)CC2)n1)C1CCC1. The van der Waals surface area contributed by atoms with E-state index in [-0.39, 0.29) is 17.9 Å². The fraction of sp³-hybridized carbons (Fsp3) is 0.762. The molecule has 0 bridgehead atoms. The average Bonchev–Trinajstić information content (AvgIpc) is 3.32. The van der Waals surface area contributed by atoms with Crippen molar-refractivity contribution in [2.75, 3.05) is 19.6 Å². The Balaban J connectivity index is 1.18. The molecule has 0 aromatic carbocycles. The zero-order valence-corrected chi connectivity index (χ0v) is 17.4. The fourth-order valence-electron chi connectivity index (χ4n) is 4.42. The molecule has 3 fully saturated rings. The van der Waals surface area contributed by atoms with Gasteiger partial charge in [0.1, 0.15) is 0 Å². The third-order valence-electron chi connectivity index (χ3n) is 6.54. The second-order valence-electron chi connectivity index (χ2n) is 8.54. The molecule has 154 valence electrons. The van der Waals surface area contributed by atoms with Gasteiger partial charge in [-0.3, -0.25) is 4.79 Å². The molecule has 1 aromatic rings. The van der Waals surface area contributed by atoms with Crippen molar-refractivity contribution in [1.82, 2.24) is 20.5 Å². The van der Waals surface area contributed by atoms with Crippen molar-refractivity contribution in [2.24, 2.45) is 5.92 Å². The number of thiazole rings is 1. The van der Waals surface area contributed by atoms with Crippen LogP contribution < -0.4 is 10.6 Å². The molecule has 0 unspecified atom stereocenters. The highest BCUT2D eigenvalue weighted by Gasteiger charge is 2.28. The molecule has 4 rings (SSSR count). The number of piperidine rings is 1. The van der Waals surface area contributed by atoms with E-state index in [0.717, 1.165) is 63.7 Å². The lowest BCUT2D eigenvalue weighted by atomic mass is 9.85. The lowest BCUT2D eigenvalue weighted by Gasteiger charge is -2.32. The van der Waals surface area contributed by atoms with Gasteiger partial charge in [0.2, 0.25) is 5.91 Å². The third kappa shape index (κ3) is 4.85. The number of carbonyl (C=O) groups excluding carboxylic acids is 2. The number of aromatic nitrogens is 1. The van der Waals surface area contributed by atoms with Gasteiger partial charge in [0, 0.05) is 49.3 Å². The Hall–Kier alpha value is -1.63. The first kappa shape index (κ1) is 19.7. The molecule has 6 nitrogen and oxygen atoms in total. The van der Waals surface area contributed by atoms with Gasteiger partial charge >= 0.3 is 6.03 Å². The minimum Gasteiger partial charge on any atom is -0.355 e. The number of nitrogens with zero attached hydrogens (tertiary/aromatic N) is 2. The van der Waals surface area contributed by atoms with Gasteiger partial charge < -0.3 is 15.5 Å². The Kier molecular flexibility index (Phi) is 6.50. The van der Waals surface area contributed by atoms with Crippen LogP contribution in [0, 0.1) is 5.92 Å². The summed E-state index contributed by atoms with van der Waals surface area (Å²) in [6.07, 6.45) is 10.8. The number of hydrogen-bond acceptors (Lipinski definition) is 4. The third-order valence-corrected chi connectivity index (χ3v) is 7.60. The molecular weight excluding hydrogens is 372 g/mol. The summed E-state index contributed by atoms with van der Waals surface area (Å²) >= 11 is 1.73. The lowest BCUT2D eigenvalue weighted by molar-refractivity contribution is -0.127. The molecule has 1 saturated heterocycles. The topological polar surface area (TPSA) is 74.3 Å². The molecule has 3 amide bonds. The van der Waals surface area contributed by atoms with Crippen LogP contribution in [0.1, 0.15) is 74.4 Å². The first-order chi connectivity index (χ1) is 13.7. The van der Waals surface area contributed by atoms with Crippen LogP contribution in [0.5, 0.6) is 0 Å². The molecule has 1 aliphatic heterocycles. The Morgan fingerprint density at radius 2 is 1.82 bits per heavy atom. The standard InChI is InChI=1S/C21H32N4O2S/c26-19(15-4-3-5-15)22-11-8-18-14-28-20(23-18)16-9-12-25(13-10-16)21(27)24-17-6-1-2-7-17/h14-17H,1-13H2,(H,22,26)(H,24,27). The molecular formula is C21H32N4O2S. The number of urea groups is 1. The van der Waals surface area contributed by atoms with Crippen LogP contribution in [-0.2, 0) is 11.2 Å². The zero-order chi connectivity index (χ0) is 19.3. The van der Waals surface area contributed by atoms with Crippen molar-refractivity contribution in [3.63, 3.8) is 0 Å². The van der Waals surface area contributed by atoms with Crippen molar-refractivity contribution in [3.8, 4) is 0 Å². The molecule has 0 radical (unpaired) electrons. The minimum absolute atomic E-state index is 0.118. The molecule has 0 spiro atoms. The monoisotopic (exact) mass is 404 g/mol. The van der Waals surface area contributed by atoms with Crippen LogP contribution >= 0.6 is 11.3 Å². The van der Waals surface area contributed by atoms with Crippen LogP contribution in [0.3, 0.4) is 0 Å². The van der Waals surface area contributed by atoms with E-state index < -0.39 is 0 Å². The predicted molar refractivity (Wildman–Crippen MR) is 111 cm³/mol.